The largest absolute Gasteiger partial charge is 0.356 e. The van der Waals surface area contributed by atoms with Crippen molar-refractivity contribution in [3.05, 3.63) is 75.1 Å². The molecule has 1 heterocycles. The minimum Gasteiger partial charge on any atom is -0.356 e. The lowest BCUT2D eigenvalue weighted by Crippen LogP contribution is -2.23. The predicted molar refractivity (Wildman–Crippen MR) is 108 cm³/mol. The molecule has 0 fully saturated rings. The van der Waals surface area contributed by atoms with Crippen molar-refractivity contribution < 1.29 is 9.18 Å². The van der Waals surface area contributed by atoms with Crippen molar-refractivity contribution in [3.63, 3.8) is 0 Å². The van der Waals surface area contributed by atoms with Gasteiger partial charge in [0, 0.05) is 28.2 Å². The zero-order valence-electron chi connectivity index (χ0n) is 14.7. The monoisotopic (exact) mass is 414 g/mol. The van der Waals surface area contributed by atoms with Crippen molar-refractivity contribution >= 4 is 38.8 Å². The van der Waals surface area contributed by atoms with Gasteiger partial charge in [-0.3, -0.25) is 4.79 Å². The van der Waals surface area contributed by atoms with Crippen molar-refractivity contribution in [2.24, 2.45) is 0 Å². The van der Waals surface area contributed by atoms with Crippen molar-refractivity contribution in [1.29, 1.82) is 0 Å². The van der Waals surface area contributed by atoms with E-state index in [2.05, 4.69) is 26.2 Å². The van der Waals surface area contributed by atoms with Crippen molar-refractivity contribution in [2.75, 3.05) is 6.54 Å². The van der Waals surface area contributed by atoms with Crippen molar-refractivity contribution in [3.8, 4) is 0 Å². The van der Waals surface area contributed by atoms with Gasteiger partial charge in [-0.25, -0.2) is 4.39 Å². The van der Waals surface area contributed by atoms with Gasteiger partial charge in [0.1, 0.15) is 5.82 Å². The number of aryl methyl sites for hydroxylation is 2. The summed E-state index contributed by atoms with van der Waals surface area (Å²) in [6.07, 6.45) is 3.95. The van der Waals surface area contributed by atoms with Crippen LogP contribution in [0.1, 0.15) is 22.4 Å². The van der Waals surface area contributed by atoms with Gasteiger partial charge in [0.15, 0.2) is 0 Å². The lowest BCUT2D eigenvalue weighted by Gasteiger charge is -2.05. The fourth-order valence-electron chi connectivity index (χ4n) is 3.07. The van der Waals surface area contributed by atoms with Gasteiger partial charge < -0.3 is 10.3 Å². The molecule has 0 aliphatic carbocycles. The molecule has 5 heteroatoms. The molecule has 0 atom stereocenters. The second-order valence-electron chi connectivity index (χ2n) is 6.27. The highest BCUT2D eigenvalue weighted by atomic mass is 79.9. The van der Waals surface area contributed by atoms with Crippen LogP contribution in [0.4, 0.5) is 4.39 Å². The molecule has 26 heavy (non-hydrogen) atoms. The van der Waals surface area contributed by atoms with Crippen LogP contribution in [0.25, 0.3) is 17.0 Å². The molecule has 3 aromatic rings. The number of carbonyl (C=O) groups is 1. The van der Waals surface area contributed by atoms with Crippen LogP contribution in [0, 0.1) is 19.7 Å². The third-order valence-electron chi connectivity index (χ3n) is 4.40. The van der Waals surface area contributed by atoms with Crippen LogP contribution >= 0.6 is 15.9 Å². The number of aromatic amines is 1. The normalized spacial score (nSPS) is 11.4. The predicted octanol–water partition coefficient (Wildman–Crippen LogP) is 5.06. The first kappa shape index (κ1) is 18.4. The van der Waals surface area contributed by atoms with Gasteiger partial charge in [-0.1, -0.05) is 34.1 Å². The number of H-pyrrole nitrogens is 1. The Kier molecular flexibility index (Phi) is 5.57. The molecule has 2 N–H and O–H groups in total. The molecule has 0 saturated carbocycles. The molecule has 3 nitrogen and oxygen atoms in total. The van der Waals surface area contributed by atoms with Crippen molar-refractivity contribution in [1.82, 2.24) is 10.3 Å². The molecule has 0 radical (unpaired) electrons. The molecule has 1 aromatic heterocycles. The highest BCUT2D eigenvalue weighted by molar-refractivity contribution is 9.10. The zero-order chi connectivity index (χ0) is 18.7. The van der Waals surface area contributed by atoms with E-state index in [1.54, 1.807) is 12.1 Å². The van der Waals surface area contributed by atoms with Crippen LogP contribution in [0.5, 0.6) is 0 Å². The molecule has 2 aromatic carbocycles. The van der Waals surface area contributed by atoms with Crippen LogP contribution in [0.2, 0.25) is 0 Å². The first-order chi connectivity index (χ1) is 12.5. The molecule has 0 spiro atoms. The Labute approximate surface area is 160 Å². The molecular formula is C21H20BrFN2O. The second kappa shape index (κ2) is 7.87. The average Bonchev–Trinajstić information content (AvgIpc) is 2.96. The summed E-state index contributed by atoms with van der Waals surface area (Å²) in [7, 11) is 0. The topological polar surface area (TPSA) is 44.9 Å². The summed E-state index contributed by atoms with van der Waals surface area (Å²) >= 11 is 3.38. The Morgan fingerprint density at radius 1 is 1.19 bits per heavy atom. The molecule has 0 unspecified atom stereocenters. The third-order valence-corrected chi connectivity index (χ3v) is 4.93. The fourth-order valence-corrected chi connectivity index (χ4v) is 3.34. The summed E-state index contributed by atoms with van der Waals surface area (Å²) in [5.74, 6) is -0.394. The number of halogens is 2. The molecule has 3 rings (SSSR count). The third kappa shape index (κ3) is 4.05. The van der Waals surface area contributed by atoms with E-state index in [1.807, 2.05) is 38.1 Å². The number of aromatic nitrogens is 1. The maximum atomic E-state index is 14.0. The Hall–Kier alpha value is -2.40. The van der Waals surface area contributed by atoms with Crippen LogP contribution in [0.3, 0.4) is 0 Å². The number of benzene rings is 2. The lowest BCUT2D eigenvalue weighted by atomic mass is 10.0. The minimum atomic E-state index is -0.249. The molecule has 0 aliphatic rings. The quantitative estimate of drug-likeness (QED) is 0.563. The molecule has 0 saturated heterocycles. The maximum absolute atomic E-state index is 14.0. The van der Waals surface area contributed by atoms with E-state index in [9.17, 15) is 9.18 Å². The van der Waals surface area contributed by atoms with E-state index in [-0.39, 0.29) is 11.7 Å². The average molecular weight is 415 g/mol. The number of nitrogens with one attached hydrogen (secondary N) is 2. The SMILES string of the molecule is Cc1[nH]c2c(F)ccc(C)c2c1CCNC(=O)C=Cc1ccc(Br)cc1. The molecule has 0 aliphatic heterocycles. The van der Waals surface area contributed by atoms with Gasteiger partial charge in [0.05, 0.1) is 5.52 Å². The number of rotatable bonds is 5. The number of amides is 1. The summed E-state index contributed by atoms with van der Waals surface area (Å²) in [6.45, 7) is 4.40. The summed E-state index contributed by atoms with van der Waals surface area (Å²) in [4.78, 5) is 15.1. The van der Waals surface area contributed by atoms with Gasteiger partial charge in [0.2, 0.25) is 5.91 Å². The Balaban J connectivity index is 1.64. The maximum Gasteiger partial charge on any atom is 0.244 e. The smallest absolute Gasteiger partial charge is 0.244 e. The zero-order valence-corrected chi connectivity index (χ0v) is 16.3. The number of fused-ring (bicyclic) bond motifs is 1. The van der Waals surface area contributed by atoms with E-state index in [4.69, 9.17) is 0 Å². The second-order valence-corrected chi connectivity index (χ2v) is 7.18. The van der Waals surface area contributed by atoms with E-state index in [0.717, 1.165) is 32.2 Å². The van der Waals surface area contributed by atoms with E-state index < -0.39 is 0 Å². The Bertz CT molecular complexity index is 974. The van der Waals surface area contributed by atoms with Gasteiger partial charge in [-0.2, -0.15) is 0 Å². The Morgan fingerprint density at radius 3 is 2.65 bits per heavy atom. The van der Waals surface area contributed by atoms with Crippen molar-refractivity contribution in [2.45, 2.75) is 20.3 Å². The van der Waals surface area contributed by atoms with E-state index in [0.29, 0.717) is 18.5 Å². The van der Waals surface area contributed by atoms with E-state index in [1.165, 1.54) is 12.1 Å². The van der Waals surface area contributed by atoms with Gasteiger partial charge >= 0.3 is 0 Å². The summed E-state index contributed by atoms with van der Waals surface area (Å²) in [5, 5.41) is 3.80. The molecule has 0 bridgehead atoms. The van der Waals surface area contributed by atoms with E-state index >= 15 is 0 Å². The highest BCUT2D eigenvalue weighted by Gasteiger charge is 2.13. The van der Waals surface area contributed by atoms with Crippen LogP contribution in [-0.2, 0) is 11.2 Å². The minimum absolute atomic E-state index is 0.145. The first-order valence-corrected chi connectivity index (χ1v) is 9.22. The number of carbonyl (C=O) groups excluding carboxylic acids is 1. The number of hydrogen-bond donors (Lipinski definition) is 2. The lowest BCUT2D eigenvalue weighted by molar-refractivity contribution is -0.116. The van der Waals surface area contributed by atoms with Gasteiger partial charge in [-0.05, 0) is 61.2 Å². The number of hydrogen-bond acceptors (Lipinski definition) is 1. The van der Waals surface area contributed by atoms with Gasteiger partial charge in [-0.15, -0.1) is 0 Å². The fraction of sp³-hybridized carbons (Fsp3) is 0.190. The molecule has 134 valence electrons. The summed E-state index contributed by atoms with van der Waals surface area (Å²) in [6, 6.07) is 11.0. The molecular weight excluding hydrogens is 395 g/mol. The highest BCUT2D eigenvalue weighted by Crippen LogP contribution is 2.27. The van der Waals surface area contributed by atoms with Crippen LogP contribution in [-0.4, -0.2) is 17.4 Å². The standard InChI is InChI=1S/C21H20BrFN2O/c1-13-3-9-18(23)21-20(13)17(14(2)25-21)11-12-24-19(26)10-6-15-4-7-16(22)8-5-15/h3-10,25H,11-12H2,1-2H3,(H,24,26). The van der Waals surface area contributed by atoms with Crippen LogP contribution < -0.4 is 5.32 Å². The summed E-state index contributed by atoms with van der Waals surface area (Å²) < 4.78 is 15.0. The molecule has 1 amide bonds. The first-order valence-electron chi connectivity index (χ1n) is 8.43. The summed E-state index contributed by atoms with van der Waals surface area (Å²) in [5.41, 5.74) is 4.52. The van der Waals surface area contributed by atoms with Gasteiger partial charge in [0.25, 0.3) is 0 Å². The van der Waals surface area contributed by atoms with Crippen LogP contribution in [0.15, 0.2) is 46.9 Å². The Morgan fingerprint density at radius 2 is 1.92 bits per heavy atom.